The summed E-state index contributed by atoms with van der Waals surface area (Å²) in [4.78, 5) is 31.8. The molecule has 8 nitrogen and oxygen atoms in total. The first-order chi connectivity index (χ1) is 15.0. The molecule has 3 rings (SSSR count). The molecule has 2 aliphatic heterocycles. The topological polar surface area (TPSA) is 74.4 Å². The Kier molecular flexibility index (Phi) is 8.54. The molecule has 0 bridgehead atoms. The lowest BCUT2D eigenvalue weighted by Crippen LogP contribution is -2.56. The molecule has 0 spiro atoms. The monoisotopic (exact) mass is 432 g/mol. The van der Waals surface area contributed by atoms with Crippen LogP contribution in [-0.2, 0) is 16.1 Å². The Hall–Kier alpha value is -2.32. The molecule has 1 atom stereocenters. The molecule has 0 aromatic heterocycles. The first kappa shape index (κ1) is 23.3. The van der Waals surface area contributed by atoms with Crippen LogP contribution in [0, 0.1) is 0 Å². The second-order valence-corrected chi connectivity index (χ2v) is 8.35. The van der Waals surface area contributed by atoms with Crippen LogP contribution < -0.4 is 14.8 Å². The Bertz CT molecular complexity index is 751. The Balaban J connectivity index is 1.62. The molecule has 2 saturated heterocycles. The highest BCUT2D eigenvalue weighted by Crippen LogP contribution is 2.32. The van der Waals surface area contributed by atoms with Crippen molar-refractivity contribution in [3.05, 3.63) is 23.8 Å². The van der Waals surface area contributed by atoms with Crippen molar-refractivity contribution in [3.8, 4) is 11.5 Å². The molecule has 0 radical (unpaired) electrons. The molecular weight excluding hydrogens is 396 g/mol. The number of methoxy groups -OCH3 is 2. The van der Waals surface area contributed by atoms with Gasteiger partial charge in [0, 0.05) is 45.3 Å². The molecule has 0 unspecified atom stereocenters. The summed E-state index contributed by atoms with van der Waals surface area (Å²) in [6.07, 6.45) is 3.95. The van der Waals surface area contributed by atoms with Crippen molar-refractivity contribution in [2.75, 3.05) is 60.5 Å². The minimum atomic E-state index is -0.491. The number of piperidine rings is 1. The highest BCUT2D eigenvalue weighted by molar-refractivity contribution is 5.88. The molecule has 1 aromatic rings. The van der Waals surface area contributed by atoms with Crippen LogP contribution in [0.2, 0.25) is 0 Å². The number of ether oxygens (including phenoxy) is 2. The Morgan fingerprint density at radius 2 is 1.94 bits per heavy atom. The van der Waals surface area contributed by atoms with Gasteiger partial charge in [0.1, 0.15) is 0 Å². The number of rotatable bonds is 9. The van der Waals surface area contributed by atoms with Crippen molar-refractivity contribution in [2.45, 2.75) is 38.3 Å². The summed E-state index contributed by atoms with van der Waals surface area (Å²) in [5, 5.41) is 2.91. The lowest BCUT2D eigenvalue weighted by molar-refractivity contribution is -0.138. The van der Waals surface area contributed by atoms with E-state index >= 15 is 0 Å². The number of carbonyl (C=O) groups excluding carboxylic acids is 2. The van der Waals surface area contributed by atoms with Crippen LogP contribution in [0.1, 0.15) is 31.2 Å². The first-order valence-corrected chi connectivity index (χ1v) is 11.2. The van der Waals surface area contributed by atoms with Gasteiger partial charge in [-0.1, -0.05) is 18.6 Å². The van der Waals surface area contributed by atoms with Crippen LogP contribution in [-0.4, -0.2) is 93.1 Å². The third kappa shape index (κ3) is 6.11. The minimum absolute atomic E-state index is 0.00154. The quantitative estimate of drug-likeness (QED) is 0.635. The molecule has 8 heteroatoms. The molecule has 0 aliphatic carbocycles. The van der Waals surface area contributed by atoms with Crippen LogP contribution in [0.25, 0.3) is 0 Å². The Labute approximate surface area is 185 Å². The van der Waals surface area contributed by atoms with Gasteiger partial charge in [-0.2, -0.15) is 0 Å². The summed E-state index contributed by atoms with van der Waals surface area (Å²) in [5.41, 5.74) is 0.937. The van der Waals surface area contributed by atoms with Crippen LogP contribution in [0.15, 0.2) is 18.2 Å². The normalized spacial score (nSPS) is 20.2. The Morgan fingerprint density at radius 1 is 1.16 bits per heavy atom. The summed E-state index contributed by atoms with van der Waals surface area (Å²) < 4.78 is 10.9. The highest BCUT2D eigenvalue weighted by atomic mass is 16.5. The molecule has 172 valence electrons. The number of hydrogen-bond acceptors (Lipinski definition) is 6. The van der Waals surface area contributed by atoms with E-state index < -0.39 is 6.04 Å². The lowest BCUT2D eigenvalue weighted by atomic mass is 10.1. The van der Waals surface area contributed by atoms with E-state index in [2.05, 4.69) is 15.1 Å². The number of carbonyl (C=O) groups is 2. The zero-order valence-corrected chi connectivity index (χ0v) is 19.1. The molecule has 2 fully saturated rings. The second kappa shape index (κ2) is 11.3. The Morgan fingerprint density at radius 3 is 2.65 bits per heavy atom. The molecule has 1 N–H and O–H groups in total. The summed E-state index contributed by atoms with van der Waals surface area (Å²) in [5.74, 6) is 1.24. The predicted octanol–water partition coefficient (Wildman–Crippen LogP) is 1.34. The van der Waals surface area contributed by atoms with Gasteiger partial charge in [0.25, 0.3) is 0 Å². The standard InChI is InChI=1S/C23H36N4O4/c1-25(14-15-26-11-5-4-6-12-26)21(28)16-19-23(29)24-10-13-27(19)17-18-8-7-9-20(30-2)22(18)31-3/h7-9,19H,4-6,10-17H2,1-3H3,(H,24,29)/t19-/m0/s1. The van der Waals surface area contributed by atoms with E-state index in [1.54, 1.807) is 19.1 Å². The van der Waals surface area contributed by atoms with E-state index in [9.17, 15) is 9.59 Å². The van der Waals surface area contributed by atoms with Gasteiger partial charge in [0.15, 0.2) is 11.5 Å². The van der Waals surface area contributed by atoms with Crippen LogP contribution in [0.4, 0.5) is 0 Å². The van der Waals surface area contributed by atoms with E-state index in [4.69, 9.17) is 9.47 Å². The van der Waals surface area contributed by atoms with Gasteiger partial charge in [-0.3, -0.25) is 14.5 Å². The number of para-hydroxylation sites is 1. The molecule has 0 saturated carbocycles. The van der Waals surface area contributed by atoms with E-state index in [0.717, 1.165) is 25.2 Å². The fourth-order valence-corrected chi connectivity index (χ4v) is 4.39. The average Bonchev–Trinajstić information content (AvgIpc) is 2.80. The fourth-order valence-electron chi connectivity index (χ4n) is 4.39. The average molecular weight is 433 g/mol. The van der Waals surface area contributed by atoms with Crippen LogP contribution in [0.3, 0.4) is 0 Å². The largest absolute Gasteiger partial charge is 0.493 e. The van der Waals surface area contributed by atoms with Crippen molar-refractivity contribution >= 4 is 11.8 Å². The number of nitrogens with one attached hydrogen (secondary N) is 1. The van der Waals surface area contributed by atoms with E-state index in [0.29, 0.717) is 37.7 Å². The predicted molar refractivity (Wildman–Crippen MR) is 119 cm³/mol. The van der Waals surface area contributed by atoms with Gasteiger partial charge in [-0.15, -0.1) is 0 Å². The third-order valence-corrected chi connectivity index (χ3v) is 6.29. The van der Waals surface area contributed by atoms with Crippen molar-refractivity contribution in [1.82, 2.24) is 20.0 Å². The van der Waals surface area contributed by atoms with E-state index in [1.807, 2.05) is 25.2 Å². The lowest BCUT2D eigenvalue weighted by Gasteiger charge is -2.36. The minimum Gasteiger partial charge on any atom is -0.493 e. The van der Waals surface area contributed by atoms with Gasteiger partial charge in [0.05, 0.1) is 26.7 Å². The number of piperazine rings is 1. The smallest absolute Gasteiger partial charge is 0.237 e. The molecule has 2 heterocycles. The highest BCUT2D eigenvalue weighted by Gasteiger charge is 2.33. The third-order valence-electron chi connectivity index (χ3n) is 6.29. The van der Waals surface area contributed by atoms with Crippen molar-refractivity contribution < 1.29 is 19.1 Å². The molecule has 2 amide bonds. The van der Waals surface area contributed by atoms with Crippen molar-refractivity contribution in [1.29, 1.82) is 0 Å². The maximum Gasteiger partial charge on any atom is 0.237 e. The van der Waals surface area contributed by atoms with Crippen molar-refractivity contribution in [3.63, 3.8) is 0 Å². The molecule has 2 aliphatic rings. The summed E-state index contributed by atoms with van der Waals surface area (Å²) in [6, 6.07) is 5.24. The fraction of sp³-hybridized carbons (Fsp3) is 0.652. The van der Waals surface area contributed by atoms with Gasteiger partial charge in [0.2, 0.25) is 11.8 Å². The van der Waals surface area contributed by atoms with E-state index in [-0.39, 0.29) is 18.2 Å². The zero-order valence-electron chi connectivity index (χ0n) is 19.1. The second-order valence-electron chi connectivity index (χ2n) is 8.35. The maximum absolute atomic E-state index is 12.9. The number of benzene rings is 1. The van der Waals surface area contributed by atoms with Crippen molar-refractivity contribution in [2.24, 2.45) is 0 Å². The summed E-state index contributed by atoms with van der Waals surface area (Å²) in [6.45, 7) is 5.58. The van der Waals surface area contributed by atoms with Gasteiger partial charge >= 0.3 is 0 Å². The van der Waals surface area contributed by atoms with Gasteiger partial charge in [-0.25, -0.2) is 0 Å². The molecule has 31 heavy (non-hydrogen) atoms. The number of nitrogens with zero attached hydrogens (tertiary/aromatic N) is 3. The van der Waals surface area contributed by atoms with Crippen LogP contribution >= 0.6 is 0 Å². The number of likely N-dealkylation sites (tertiary alicyclic amines) is 1. The van der Waals surface area contributed by atoms with E-state index in [1.165, 1.54) is 19.3 Å². The summed E-state index contributed by atoms with van der Waals surface area (Å²) in [7, 11) is 5.06. The first-order valence-electron chi connectivity index (χ1n) is 11.2. The number of hydrogen-bond donors (Lipinski definition) is 1. The zero-order chi connectivity index (χ0) is 22.2. The van der Waals surface area contributed by atoms with Crippen LogP contribution in [0.5, 0.6) is 11.5 Å². The maximum atomic E-state index is 12.9. The summed E-state index contributed by atoms with van der Waals surface area (Å²) >= 11 is 0. The van der Waals surface area contributed by atoms with Gasteiger partial charge < -0.3 is 24.6 Å². The van der Waals surface area contributed by atoms with Gasteiger partial charge in [-0.05, 0) is 32.0 Å². The number of amides is 2. The molecular formula is C23H36N4O4. The number of likely N-dealkylation sites (N-methyl/N-ethyl adjacent to an activating group) is 1. The SMILES string of the molecule is COc1cccc(CN2CCNC(=O)[C@@H]2CC(=O)N(C)CCN2CCCCC2)c1OC. The molecule has 1 aromatic carbocycles.